The summed E-state index contributed by atoms with van der Waals surface area (Å²) in [5.74, 6) is 1.24. The normalized spacial score (nSPS) is 10.4. The highest BCUT2D eigenvalue weighted by Gasteiger charge is 2.09. The fraction of sp³-hybridized carbons (Fsp3) is 0.125. The number of anilines is 1. The number of nitrogens with zero attached hydrogens (tertiary/aromatic N) is 3. The van der Waals surface area contributed by atoms with Crippen molar-refractivity contribution >= 4 is 17.5 Å². The van der Waals surface area contributed by atoms with Gasteiger partial charge in [-0.1, -0.05) is 0 Å². The van der Waals surface area contributed by atoms with Gasteiger partial charge in [-0.3, -0.25) is 0 Å². The van der Waals surface area contributed by atoms with Crippen molar-refractivity contribution in [2.24, 2.45) is 0 Å². The van der Waals surface area contributed by atoms with Gasteiger partial charge in [0, 0.05) is 0 Å². The molecule has 2 N–H and O–H groups in total. The molecule has 0 saturated carbocycles. The van der Waals surface area contributed by atoms with Gasteiger partial charge in [0.2, 0.25) is 11.2 Å². The predicted molar refractivity (Wildman–Crippen MR) is 51.7 cm³/mol. The largest absolute Gasteiger partial charge is 0.469 e. The van der Waals surface area contributed by atoms with E-state index in [1.165, 1.54) is 0 Å². The van der Waals surface area contributed by atoms with Crippen LogP contribution in [0.25, 0.3) is 11.4 Å². The molecule has 72 valence electrons. The van der Waals surface area contributed by atoms with Crippen molar-refractivity contribution < 1.29 is 4.42 Å². The van der Waals surface area contributed by atoms with Crippen LogP contribution in [-0.4, -0.2) is 15.0 Å². The monoisotopic (exact) mass is 210 g/mol. The first kappa shape index (κ1) is 8.96. The summed E-state index contributed by atoms with van der Waals surface area (Å²) < 4.78 is 5.11. The first-order valence-electron chi connectivity index (χ1n) is 3.88. The van der Waals surface area contributed by atoms with Crippen molar-refractivity contribution in [1.82, 2.24) is 15.0 Å². The fourth-order valence-electron chi connectivity index (χ4n) is 1.10. The molecule has 0 aliphatic heterocycles. The maximum Gasteiger partial charge on any atom is 0.227 e. The van der Waals surface area contributed by atoms with Crippen LogP contribution >= 0.6 is 11.6 Å². The van der Waals surface area contributed by atoms with E-state index in [1.807, 2.05) is 6.92 Å². The average molecular weight is 211 g/mol. The van der Waals surface area contributed by atoms with Gasteiger partial charge in [0.05, 0.1) is 11.8 Å². The summed E-state index contributed by atoms with van der Waals surface area (Å²) in [5, 5.41) is 0.0769. The number of hydrogen-bond acceptors (Lipinski definition) is 5. The molecule has 0 fully saturated rings. The number of halogens is 1. The van der Waals surface area contributed by atoms with E-state index in [4.69, 9.17) is 21.8 Å². The highest BCUT2D eigenvalue weighted by atomic mass is 35.5. The zero-order valence-corrected chi connectivity index (χ0v) is 8.12. The summed E-state index contributed by atoms with van der Waals surface area (Å²) in [5.41, 5.74) is 6.20. The van der Waals surface area contributed by atoms with Crippen LogP contribution in [-0.2, 0) is 0 Å². The molecule has 0 aromatic carbocycles. The molecule has 0 amide bonds. The summed E-state index contributed by atoms with van der Waals surface area (Å²) in [6.07, 6.45) is 1.55. The number of furan rings is 1. The predicted octanol–water partition coefficient (Wildman–Crippen LogP) is 1.68. The Hall–Kier alpha value is -1.62. The number of rotatable bonds is 1. The highest BCUT2D eigenvalue weighted by molar-refractivity contribution is 6.28. The Balaban J connectivity index is 2.57. The molecule has 2 aromatic heterocycles. The minimum absolute atomic E-state index is 0.0769. The molecular formula is C8H7ClN4O. The Kier molecular flexibility index (Phi) is 2.09. The van der Waals surface area contributed by atoms with Crippen LogP contribution < -0.4 is 5.73 Å². The van der Waals surface area contributed by atoms with E-state index in [2.05, 4.69) is 15.0 Å². The lowest BCUT2D eigenvalue weighted by Crippen LogP contribution is -1.99. The molecule has 0 unspecified atom stereocenters. The molecule has 5 nitrogen and oxygen atoms in total. The SMILES string of the molecule is Cc1occc1-c1nc(N)nc(Cl)n1. The second kappa shape index (κ2) is 3.26. The van der Waals surface area contributed by atoms with Crippen LogP contribution in [0.1, 0.15) is 5.76 Å². The number of aromatic nitrogens is 3. The lowest BCUT2D eigenvalue weighted by atomic mass is 10.2. The molecule has 0 atom stereocenters. The van der Waals surface area contributed by atoms with Crippen molar-refractivity contribution in [2.45, 2.75) is 6.92 Å². The maximum atomic E-state index is 5.65. The smallest absolute Gasteiger partial charge is 0.227 e. The number of nitrogen functional groups attached to an aromatic ring is 1. The van der Waals surface area contributed by atoms with E-state index in [0.29, 0.717) is 11.6 Å². The second-order valence-corrected chi connectivity index (χ2v) is 3.01. The molecule has 0 spiro atoms. The van der Waals surface area contributed by atoms with Crippen molar-refractivity contribution in [1.29, 1.82) is 0 Å². The van der Waals surface area contributed by atoms with Gasteiger partial charge >= 0.3 is 0 Å². The molecule has 0 bridgehead atoms. The summed E-state index contributed by atoms with van der Waals surface area (Å²) >= 11 is 5.65. The number of nitrogens with two attached hydrogens (primary N) is 1. The van der Waals surface area contributed by atoms with Crippen molar-refractivity contribution in [3.05, 3.63) is 23.4 Å². The zero-order valence-electron chi connectivity index (χ0n) is 7.36. The van der Waals surface area contributed by atoms with Gasteiger partial charge in [0.1, 0.15) is 5.76 Å². The van der Waals surface area contributed by atoms with E-state index in [0.717, 1.165) is 5.56 Å². The minimum Gasteiger partial charge on any atom is -0.469 e. The maximum absolute atomic E-state index is 5.65. The third kappa shape index (κ3) is 1.54. The van der Waals surface area contributed by atoms with Gasteiger partial charge in [-0.2, -0.15) is 15.0 Å². The molecule has 2 heterocycles. The van der Waals surface area contributed by atoms with Crippen LogP contribution in [0.3, 0.4) is 0 Å². The Morgan fingerprint density at radius 2 is 2.14 bits per heavy atom. The third-order valence-corrected chi connectivity index (χ3v) is 1.89. The van der Waals surface area contributed by atoms with Crippen molar-refractivity contribution in [2.75, 3.05) is 5.73 Å². The summed E-state index contributed by atoms with van der Waals surface area (Å²) in [6, 6.07) is 1.75. The average Bonchev–Trinajstić information content (AvgIpc) is 2.49. The number of aryl methyl sites for hydroxylation is 1. The summed E-state index contributed by atoms with van der Waals surface area (Å²) in [6.45, 7) is 1.81. The van der Waals surface area contributed by atoms with Crippen LogP contribution in [0.5, 0.6) is 0 Å². The molecule has 6 heteroatoms. The molecule has 0 radical (unpaired) electrons. The van der Waals surface area contributed by atoms with Crippen LogP contribution in [0.2, 0.25) is 5.28 Å². The lowest BCUT2D eigenvalue weighted by Gasteiger charge is -1.98. The quantitative estimate of drug-likeness (QED) is 0.775. The van der Waals surface area contributed by atoms with E-state index in [1.54, 1.807) is 12.3 Å². The van der Waals surface area contributed by atoms with Gasteiger partial charge in [-0.05, 0) is 24.6 Å². The van der Waals surface area contributed by atoms with E-state index in [9.17, 15) is 0 Å². The first-order chi connectivity index (χ1) is 6.66. The van der Waals surface area contributed by atoms with Gasteiger partial charge in [0.25, 0.3) is 0 Å². The van der Waals surface area contributed by atoms with Gasteiger partial charge < -0.3 is 10.2 Å². The molecule has 2 aromatic rings. The molecule has 0 aliphatic rings. The molecular weight excluding hydrogens is 204 g/mol. The van der Waals surface area contributed by atoms with Gasteiger partial charge in [-0.25, -0.2) is 0 Å². The molecule has 2 rings (SSSR count). The van der Waals surface area contributed by atoms with Crippen LogP contribution in [0.15, 0.2) is 16.7 Å². The first-order valence-corrected chi connectivity index (χ1v) is 4.26. The van der Waals surface area contributed by atoms with Gasteiger partial charge in [-0.15, -0.1) is 0 Å². The Morgan fingerprint density at radius 3 is 2.71 bits per heavy atom. The third-order valence-electron chi connectivity index (χ3n) is 1.73. The van der Waals surface area contributed by atoms with Crippen molar-refractivity contribution in [3.63, 3.8) is 0 Å². The topological polar surface area (TPSA) is 77.8 Å². The van der Waals surface area contributed by atoms with E-state index < -0.39 is 0 Å². The second-order valence-electron chi connectivity index (χ2n) is 2.68. The Labute approximate surface area is 84.9 Å². The summed E-state index contributed by atoms with van der Waals surface area (Å²) in [7, 11) is 0. The van der Waals surface area contributed by atoms with Gasteiger partial charge in [0.15, 0.2) is 5.82 Å². The Bertz CT molecular complexity index is 448. The van der Waals surface area contributed by atoms with E-state index >= 15 is 0 Å². The fourth-order valence-corrected chi connectivity index (χ4v) is 1.27. The van der Waals surface area contributed by atoms with Crippen LogP contribution in [0.4, 0.5) is 5.95 Å². The molecule has 0 saturated heterocycles. The van der Waals surface area contributed by atoms with Crippen molar-refractivity contribution in [3.8, 4) is 11.4 Å². The standard InChI is InChI=1S/C8H7ClN4O/c1-4-5(2-3-14-4)6-11-7(9)13-8(10)12-6/h2-3H,1H3,(H2,10,11,12,13). The molecule has 0 aliphatic carbocycles. The minimum atomic E-state index is 0.0769. The Morgan fingerprint density at radius 1 is 1.36 bits per heavy atom. The summed E-state index contributed by atoms with van der Waals surface area (Å²) in [4.78, 5) is 11.6. The number of hydrogen-bond donors (Lipinski definition) is 1. The lowest BCUT2D eigenvalue weighted by molar-refractivity contribution is 0.535. The zero-order chi connectivity index (χ0) is 10.1. The highest BCUT2D eigenvalue weighted by Crippen LogP contribution is 2.21. The van der Waals surface area contributed by atoms with Crippen LogP contribution in [0, 0.1) is 6.92 Å². The van der Waals surface area contributed by atoms with E-state index in [-0.39, 0.29) is 11.2 Å². The molecule has 14 heavy (non-hydrogen) atoms.